The number of anilines is 2. The lowest BCUT2D eigenvalue weighted by molar-refractivity contribution is -0.125. The van der Waals surface area contributed by atoms with E-state index < -0.39 is 11.9 Å². The highest BCUT2D eigenvalue weighted by Crippen LogP contribution is 2.23. The van der Waals surface area contributed by atoms with Crippen molar-refractivity contribution in [1.29, 1.82) is 0 Å². The molecule has 0 saturated carbocycles. The van der Waals surface area contributed by atoms with Crippen LogP contribution < -0.4 is 16.4 Å². The molecule has 1 aliphatic rings. The molecule has 3 aromatic carbocycles. The molecule has 7 nitrogen and oxygen atoms in total. The lowest BCUT2D eigenvalue weighted by Crippen LogP contribution is -2.50. The molecule has 0 aromatic heterocycles. The molecule has 7 heteroatoms. The number of rotatable bonds is 6. The van der Waals surface area contributed by atoms with Crippen molar-refractivity contribution < 1.29 is 14.4 Å². The summed E-state index contributed by atoms with van der Waals surface area (Å²) in [7, 11) is 0. The molecule has 0 unspecified atom stereocenters. The Kier molecular flexibility index (Phi) is 6.28. The number of amides is 3. The van der Waals surface area contributed by atoms with Crippen LogP contribution in [-0.2, 0) is 22.6 Å². The summed E-state index contributed by atoms with van der Waals surface area (Å²) in [6.07, 6.45) is 0.467. The van der Waals surface area contributed by atoms with Crippen molar-refractivity contribution in [1.82, 2.24) is 4.90 Å². The predicted molar refractivity (Wildman–Crippen MR) is 123 cm³/mol. The van der Waals surface area contributed by atoms with Crippen LogP contribution in [0.1, 0.15) is 21.5 Å². The predicted octanol–water partition coefficient (Wildman–Crippen LogP) is 2.79. The number of fused-ring (bicyclic) bond motifs is 1. The molecule has 0 saturated heterocycles. The summed E-state index contributed by atoms with van der Waals surface area (Å²) in [6, 6.07) is 23.2. The summed E-state index contributed by atoms with van der Waals surface area (Å²) in [4.78, 5) is 39.4. The van der Waals surface area contributed by atoms with Crippen LogP contribution in [0.25, 0.3) is 0 Å². The second-order valence-electron chi connectivity index (χ2n) is 7.71. The van der Waals surface area contributed by atoms with Gasteiger partial charge in [-0.15, -0.1) is 0 Å². The first-order valence-corrected chi connectivity index (χ1v) is 10.4. The molecule has 4 N–H and O–H groups in total. The Morgan fingerprint density at radius 3 is 2.25 bits per heavy atom. The second-order valence-corrected chi connectivity index (χ2v) is 7.71. The summed E-state index contributed by atoms with van der Waals surface area (Å²) in [5.41, 5.74) is 9.16. The van der Waals surface area contributed by atoms with E-state index in [1.807, 2.05) is 42.5 Å². The Morgan fingerprint density at radius 2 is 1.50 bits per heavy atom. The fraction of sp³-hybridized carbons (Fsp3) is 0.160. The largest absolute Gasteiger partial charge is 0.368 e. The van der Waals surface area contributed by atoms with E-state index in [0.29, 0.717) is 29.9 Å². The maximum atomic E-state index is 12.9. The number of primary amides is 1. The Morgan fingerprint density at radius 1 is 0.844 bits per heavy atom. The summed E-state index contributed by atoms with van der Waals surface area (Å²) >= 11 is 0. The van der Waals surface area contributed by atoms with Gasteiger partial charge in [0.25, 0.3) is 5.91 Å². The topological polar surface area (TPSA) is 105 Å². The van der Waals surface area contributed by atoms with E-state index in [4.69, 9.17) is 5.73 Å². The Bertz CT molecular complexity index is 1150. The van der Waals surface area contributed by atoms with Crippen molar-refractivity contribution >= 4 is 29.1 Å². The Hall–Kier alpha value is -3.97. The molecular weight excluding hydrogens is 404 g/mol. The number of benzene rings is 3. The zero-order valence-electron chi connectivity index (χ0n) is 17.5. The van der Waals surface area contributed by atoms with Crippen LogP contribution in [0.4, 0.5) is 11.4 Å². The summed E-state index contributed by atoms with van der Waals surface area (Å²) in [5, 5.41) is 5.64. The van der Waals surface area contributed by atoms with Gasteiger partial charge in [0.1, 0.15) is 0 Å². The minimum atomic E-state index is -0.563. The summed E-state index contributed by atoms with van der Waals surface area (Å²) in [5.74, 6) is -1.11. The van der Waals surface area contributed by atoms with Crippen molar-refractivity contribution in [3.8, 4) is 0 Å². The first kappa shape index (κ1) is 21.3. The van der Waals surface area contributed by atoms with Gasteiger partial charge < -0.3 is 16.4 Å². The maximum Gasteiger partial charge on any atom is 0.257 e. The molecule has 4 rings (SSSR count). The average molecular weight is 428 g/mol. The number of carbonyl (C=O) groups excluding carboxylic acids is 3. The van der Waals surface area contributed by atoms with Crippen molar-refractivity contribution in [2.45, 2.75) is 19.0 Å². The molecule has 0 fully saturated rings. The van der Waals surface area contributed by atoms with Crippen molar-refractivity contribution in [2.75, 3.05) is 17.2 Å². The highest BCUT2D eigenvalue weighted by Gasteiger charge is 2.31. The zero-order chi connectivity index (χ0) is 22.5. The number of hydrogen-bond donors (Lipinski definition) is 3. The Balaban J connectivity index is 1.47. The van der Waals surface area contributed by atoms with Crippen molar-refractivity contribution in [3.05, 3.63) is 95.6 Å². The van der Waals surface area contributed by atoms with Gasteiger partial charge in [0.2, 0.25) is 11.8 Å². The molecule has 1 aliphatic heterocycles. The first-order valence-electron chi connectivity index (χ1n) is 10.4. The van der Waals surface area contributed by atoms with E-state index in [1.165, 1.54) is 0 Å². The quantitative estimate of drug-likeness (QED) is 0.561. The second kappa shape index (κ2) is 9.45. The van der Waals surface area contributed by atoms with Gasteiger partial charge in [0.05, 0.1) is 23.8 Å². The van der Waals surface area contributed by atoms with E-state index in [0.717, 1.165) is 11.1 Å². The van der Waals surface area contributed by atoms with E-state index in [2.05, 4.69) is 10.6 Å². The molecule has 3 aromatic rings. The lowest BCUT2D eigenvalue weighted by Gasteiger charge is -2.34. The molecule has 0 spiro atoms. The van der Waals surface area contributed by atoms with Crippen LogP contribution in [0.2, 0.25) is 0 Å². The molecule has 162 valence electrons. The number of nitrogens with two attached hydrogens (primary N) is 1. The van der Waals surface area contributed by atoms with E-state index in [9.17, 15) is 14.4 Å². The van der Waals surface area contributed by atoms with Crippen molar-refractivity contribution in [3.63, 3.8) is 0 Å². The third kappa shape index (κ3) is 4.84. The number of nitrogens with zero attached hydrogens (tertiary/aromatic N) is 1. The van der Waals surface area contributed by atoms with Crippen LogP contribution in [-0.4, -0.2) is 35.2 Å². The minimum absolute atomic E-state index is 0.0173. The summed E-state index contributed by atoms with van der Waals surface area (Å²) < 4.78 is 0. The first-order chi connectivity index (χ1) is 15.5. The van der Waals surface area contributed by atoms with Gasteiger partial charge in [0, 0.05) is 12.2 Å². The number of nitrogens with one attached hydrogen (secondary N) is 2. The highest BCUT2D eigenvalue weighted by atomic mass is 16.2. The fourth-order valence-electron chi connectivity index (χ4n) is 3.91. The third-order valence-electron chi connectivity index (χ3n) is 5.50. The average Bonchev–Trinajstić information content (AvgIpc) is 2.79. The van der Waals surface area contributed by atoms with Gasteiger partial charge in [0.15, 0.2) is 0 Å². The minimum Gasteiger partial charge on any atom is -0.368 e. The monoisotopic (exact) mass is 428 g/mol. The lowest BCUT2D eigenvalue weighted by atomic mass is 9.93. The molecule has 1 heterocycles. The highest BCUT2D eigenvalue weighted by molar-refractivity contribution is 6.10. The molecule has 3 amide bonds. The van der Waals surface area contributed by atoms with E-state index in [-0.39, 0.29) is 18.4 Å². The molecule has 0 aliphatic carbocycles. The molecule has 0 bridgehead atoms. The van der Waals surface area contributed by atoms with Gasteiger partial charge in [-0.2, -0.15) is 0 Å². The fourth-order valence-corrected chi connectivity index (χ4v) is 3.91. The smallest absolute Gasteiger partial charge is 0.257 e. The SMILES string of the molecule is NC(=O)[C@@H]1Cc2ccccc2CN1CC(=O)Nc1ccccc1C(=O)Nc1ccccc1. The molecule has 0 radical (unpaired) electrons. The molecule has 1 atom stereocenters. The van der Waals surface area contributed by atoms with Crippen LogP contribution in [0, 0.1) is 0 Å². The summed E-state index contributed by atoms with van der Waals surface area (Å²) in [6.45, 7) is 0.434. The van der Waals surface area contributed by atoms with Crippen LogP contribution in [0.3, 0.4) is 0 Å². The standard InChI is InChI=1S/C25H24N4O3/c26-24(31)22-14-17-8-4-5-9-18(17)15-29(22)16-23(30)28-21-13-7-6-12-20(21)25(32)27-19-10-2-1-3-11-19/h1-13,22H,14-16H2,(H2,26,31)(H,27,32)(H,28,30)/t22-/m0/s1. The normalized spacial score (nSPS) is 15.4. The number of para-hydroxylation sites is 2. The van der Waals surface area contributed by atoms with Gasteiger partial charge in [-0.25, -0.2) is 0 Å². The van der Waals surface area contributed by atoms with Gasteiger partial charge in [-0.1, -0.05) is 54.6 Å². The van der Waals surface area contributed by atoms with Gasteiger partial charge in [-0.3, -0.25) is 19.3 Å². The molecular formula is C25H24N4O3. The van der Waals surface area contributed by atoms with E-state index in [1.54, 1.807) is 41.3 Å². The van der Waals surface area contributed by atoms with Crippen LogP contribution in [0.5, 0.6) is 0 Å². The molecule has 32 heavy (non-hydrogen) atoms. The number of carbonyl (C=O) groups is 3. The van der Waals surface area contributed by atoms with Crippen LogP contribution >= 0.6 is 0 Å². The van der Waals surface area contributed by atoms with Crippen LogP contribution in [0.15, 0.2) is 78.9 Å². The van der Waals surface area contributed by atoms with Crippen molar-refractivity contribution in [2.24, 2.45) is 5.73 Å². The zero-order valence-corrected chi connectivity index (χ0v) is 17.5. The van der Waals surface area contributed by atoms with Gasteiger partial charge in [-0.05, 0) is 41.8 Å². The number of hydrogen-bond acceptors (Lipinski definition) is 4. The Labute approximate surface area is 186 Å². The third-order valence-corrected chi connectivity index (χ3v) is 5.50. The van der Waals surface area contributed by atoms with Gasteiger partial charge >= 0.3 is 0 Å². The maximum absolute atomic E-state index is 12.9. The van der Waals surface area contributed by atoms with E-state index >= 15 is 0 Å².